The van der Waals surface area contributed by atoms with Crippen LogP contribution < -0.4 is 18.9 Å². The lowest BCUT2D eigenvalue weighted by molar-refractivity contribution is 0.104. The van der Waals surface area contributed by atoms with Crippen molar-refractivity contribution in [1.29, 1.82) is 0 Å². The first kappa shape index (κ1) is 18.4. The van der Waals surface area contributed by atoms with Gasteiger partial charge in [0.1, 0.15) is 5.75 Å². The smallest absolute Gasteiger partial charge is 0.203 e. The summed E-state index contributed by atoms with van der Waals surface area (Å²) in [5, 5.41) is 0. The van der Waals surface area contributed by atoms with Crippen LogP contribution in [0.2, 0.25) is 0 Å². The van der Waals surface area contributed by atoms with E-state index in [1.165, 1.54) is 6.08 Å². The fourth-order valence-electron chi connectivity index (χ4n) is 2.46. The van der Waals surface area contributed by atoms with Gasteiger partial charge in [-0.05, 0) is 48.4 Å². The van der Waals surface area contributed by atoms with Crippen molar-refractivity contribution >= 4 is 11.9 Å². The number of methoxy groups -OCH3 is 4. The molecule has 0 saturated heterocycles. The minimum absolute atomic E-state index is 0.148. The maximum atomic E-state index is 12.5. The molecule has 0 aliphatic carbocycles. The summed E-state index contributed by atoms with van der Waals surface area (Å²) < 4.78 is 21.2. The minimum Gasteiger partial charge on any atom is -0.496 e. The van der Waals surface area contributed by atoms with Crippen LogP contribution in [-0.2, 0) is 0 Å². The van der Waals surface area contributed by atoms with E-state index in [4.69, 9.17) is 18.9 Å². The van der Waals surface area contributed by atoms with Crippen LogP contribution in [0.15, 0.2) is 36.4 Å². The Kier molecular flexibility index (Phi) is 6.06. The zero-order chi connectivity index (χ0) is 18.4. The number of hydrogen-bond donors (Lipinski definition) is 0. The average Bonchev–Trinajstić information content (AvgIpc) is 2.64. The average molecular weight is 342 g/mol. The lowest BCUT2D eigenvalue weighted by Crippen LogP contribution is -1.99. The summed E-state index contributed by atoms with van der Waals surface area (Å²) in [6.07, 6.45) is 3.19. The van der Waals surface area contributed by atoms with Gasteiger partial charge in [0, 0.05) is 0 Å². The zero-order valence-electron chi connectivity index (χ0n) is 15.1. The number of hydrogen-bond acceptors (Lipinski definition) is 5. The highest BCUT2D eigenvalue weighted by Gasteiger charge is 2.13. The number of carbonyl (C=O) groups excluding carboxylic acids is 1. The molecule has 0 radical (unpaired) electrons. The fraction of sp³-hybridized carbons (Fsp3) is 0.250. The van der Waals surface area contributed by atoms with Gasteiger partial charge < -0.3 is 18.9 Å². The minimum atomic E-state index is -0.148. The standard InChI is InChI=1S/C20H22O5/c1-13-6-8-15(17(10-13)22-2)16(21)9-7-14-11-18(23-3)20(25-5)19(12-14)24-4/h6-12H,1-5H3. The van der Waals surface area contributed by atoms with E-state index in [0.717, 1.165) is 11.1 Å². The van der Waals surface area contributed by atoms with Gasteiger partial charge in [0.2, 0.25) is 5.75 Å². The molecule has 0 unspecified atom stereocenters. The Bertz CT molecular complexity index is 768. The first-order valence-electron chi connectivity index (χ1n) is 7.71. The number of benzene rings is 2. The van der Waals surface area contributed by atoms with Crippen molar-refractivity contribution in [1.82, 2.24) is 0 Å². The van der Waals surface area contributed by atoms with Crippen LogP contribution in [0, 0.1) is 6.92 Å². The van der Waals surface area contributed by atoms with Crippen LogP contribution in [0.1, 0.15) is 21.5 Å². The summed E-state index contributed by atoms with van der Waals surface area (Å²) in [5.74, 6) is 1.97. The highest BCUT2D eigenvalue weighted by atomic mass is 16.5. The molecule has 0 atom stereocenters. The number of aryl methyl sites for hydroxylation is 1. The van der Waals surface area contributed by atoms with Crippen molar-refractivity contribution < 1.29 is 23.7 Å². The van der Waals surface area contributed by atoms with E-state index < -0.39 is 0 Å². The third-order valence-corrected chi connectivity index (χ3v) is 3.74. The topological polar surface area (TPSA) is 54.0 Å². The van der Waals surface area contributed by atoms with Crippen LogP contribution >= 0.6 is 0 Å². The Morgan fingerprint density at radius 2 is 1.44 bits per heavy atom. The monoisotopic (exact) mass is 342 g/mol. The predicted molar refractivity (Wildman–Crippen MR) is 97.2 cm³/mol. The van der Waals surface area contributed by atoms with Gasteiger partial charge in [0.15, 0.2) is 17.3 Å². The molecule has 0 saturated carbocycles. The molecule has 0 amide bonds. The lowest BCUT2D eigenvalue weighted by Gasteiger charge is -2.12. The Hall–Kier alpha value is -2.95. The molecule has 0 aromatic heterocycles. The van der Waals surface area contributed by atoms with Crippen LogP contribution in [0.5, 0.6) is 23.0 Å². The summed E-state index contributed by atoms with van der Waals surface area (Å²) in [5.41, 5.74) is 2.30. The Morgan fingerprint density at radius 3 is 1.96 bits per heavy atom. The van der Waals surface area contributed by atoms with Crippen molar-refractivity contribution in [2.24, 2.45) is 0 Å². The van der Waals surface area contributed by atoms with Crippen LogP contribution in [0.3, 0.4) is 0 Å². The van der Waals surface area contributed by atoms with Crippen molar-refractivity contribution in [3.63, 3.8) is 0 Å². The fourth-order valence-corrected chi connectivity index (χ4v) is 2.46. The summed E-state index contributed by atoms with van der Waals surface area (Å²) in [6.45, 7) is 1.95. The number of ether oxygens (including phenoxy) is 4. The highest BCUT2D eigenvalue weighted by molar-refractivity contribution is 6.08. The molecule has 0 aliphatic heterocycles. The highest BCUT2D eigenvalue weighted by Crippen LogP contribution is 2.38. The van der Waals surface area contributed by atoms with E-state index in [0.29, 0.717) is 28.6 Å². The zero-order valence-corrected chi connectivity index (χ0v) is 15.1. The van der Waals surface area contributed by atoms with Gasteiger partial charge in [-0.3, -0.25) is 4.79 Å². The predicted octanol–water partition coefficient (Wildman–Crippen LogP) is 3.93. The van der Waals surface area contributed by atoms with Crippen LogP contribution in [0.4, 0.5) is 0 Å². The third-order valence-electron chi connectivity index (χ3n) is 3.74. The van der Waals surface area contributed by atoms with Crippen LogP contribution in [0.25, 0.3) is 6.08 Å². The summed E-state index contributed by atoms with van der Waals surface area (Å²) in [6, 6.07) is 9.02. The van der Waals surface area contributed by atoms with Gasteiger partial charge in [-0.2, -0.15) is 0 Å². The van der Waals surface area contributed by atoms with Crippen molar-refractivity contribution in [2.75, 3.05) is 28.4 Å². The first-order chi connectivity index (χ1) is 12.0. The van der Waals surface area contributed by atoms with Crippen LogP contribution in [-0.4, -0.2) is 34.2 Å². The summed E-state index contributed by atoms with van der Waals surface area (Å²) in [7, 11) is 6.19. The summed E-state index contributed by atoms with van der Waals surface area (Å²) >= 11 is 0. The van der Waals surface area contributed by atoms with E-state index in [1.807, 2.05) is 19.1 Å². The van der Waals surface area contributed by atoms with Gasteiger partial charge in [-0.1, -0.05) is 12.1 Å². The normalized spacial score (nSPS) is 10.6. The van der Waals surface area contributed by atoms with E-state index in [-0.39, 0.29) is 5.78 Å². The molecular weight excluding hydrogens is 320 g/mol. The van der Waals surface area contributed by atoms with Gasteiger partial charge >= 0.3 is 0 Å². The Balaban J connectivity index is 2.34. The van der Waals surface area contributed by atoms with E-state index in [1.54, 1.807) is 52.7 Å². The van der Waals surface area contributed by atoms with Gasteiger partial charge in [0.25, 0.3) is 0 Å². The molecule has 0 spiro atoms. The maximum Gasteiger partial charge on any atom is 0.203 e. The molecular formula is C20H22O5. The second-order valence-electron chi connectivity index (χ2n) is 5.36. The van der Waals surface area contributed by atoms with Gasteiger partial charge in [0.05, 0.1) is 34.0 Å². The van der Waals surface area contributed by atoms with E-state index in [9.17, 15) is 4.79 Å². The summed E-state index contributed by atoms with van der Waals surface area (Å²) in [4.78, 5) is 12.5. The van der Waals surface area contributed by atoms with E-state index in [2.05, 4.69) is 0 Å². The Morgan fingerprint density at radius 1 is 0.840 bits per heavy atom. The molecule has 2 rings (SSSR count). The number of allylic oxidation sites excluding steroid dienone is 1. The van der Waals surface area contributed by atoms with Crippen molar-refractivity contribution in [3.05, 3.63) is 53.1 Å². The van der Waals surface area contributed by atoms with E-state index >= 15 is 0 Å². The molecule has 132 valence electrons. The molecule has 0 fully saturated rings. The maximum absolute atomic E-state index is 12.5. The number of ketones is 1. The first-order valence-corrected chi connectivity index (χ1v) is 7.71. The lowest BCUT2D eigenvalue weighted by atomic mass is 10.1. The van der Waals surface area contributed by atoms with Crippen molar-refractivity contribution in [2.45, 2.75) is 6.92 Å². The SMILES string of the molecule is COc1cc(C)ccc1C(=O)C=Cc1cc(OC)c(OC)c(OC)c1. The molecule has 2 aromatic rings. The largest absolute Gasteiger partial charge is 0.496 e. The van der Waals surface area contributed by atoms with Gasteiger partial charge in [-0.25, -0.2) is 0 Å². The second-order valence-corrected chi connectivity index (χ2v) is 5.36. The molecule has 5 nitrogen and oxygen atoms in total. The molecule has 5 heteroatoms. The molecule has 0 N–H and O–H groups in total. The Labute approximate surface area is 147 Å². The molecule has 2 aromatic carbocycles. The number of carbonyl (C=O) groups is 1. The molecule has 0 heterocycles. The number of rotatable bonds is 7. The second kappa shape index (κ2) is 8.24. The van der Waals surface area contributed by atoms with Crippen molar-refractivity contribution in [3.8, 4) is 23.0 Å². The molecule has 25 heavy (non-hydrogen) atoms. The van der Waals surface area contributed by atoms with Gasteiger partial charge in [-0.15, -0.1) is 0 Å². The molecule has 0 bridgehead atoms. The quantitative estimate of drug-likeness (QED) is 0.564. The third kappa shape index (κ3) is 4.12. The molecule has 0 aliphatic rings.